The van der Waals surface area contributed by atoms with Crippen molar-refractivity contribution in [1.29, 1.82) is 0 Å². The first-order valence-corrected chi connectivity index (χ1v) is 3.04. The SMILES string of the molecule is O=[13C](O)[13C](=O)c1ccccc1. The number of benzene rings is 1. The number of carboxylic acids is 1. The lowest BCUT2D eigenvalue weighted by Gasteiger charge is -1.91. The number of carbonyl (C=O) groups excluding carboxylic acids is 1. The Morgan fingerprint density at radius 3 is 2.09 bits per heavy atom. The van der Waals surface area contributed by atoms with Gasteiger partial charge in [0.05, 0.1) is 0 Å². The van der Waals surface area contributed by atoms with Crippen molar-refractivity contribution in [3.8, 4) is 0 Å². The predicted molar refractivity (Wildman–Crippen MR) is 38.4 cm³/mol. The van der Waals surface area contributed by atoms with Crippen LogP contribution in [0.25, 0.3) is 0 Å². The molecule has 1 aromatic rings. The minimum atomic E-state index is -1.42. The van der Waals surface area contributed by atoms with Crippen LogP contribution in [0.2, 0.25) is 0 Å². The topological polar surface area (TPSA) is 54.4 Å². The fraction of sp³-hybridized carbons (Fsp3) is 0. The molecule has 0 spiro atoms. The quantitative estimate of drug-likeness (QED) is 0.390. The van der Waals surface area contributed by atoms with E-state index in [4.69, 9.17) is 5.11 Å². The molecule has 0 saturated carbocycles. The maximum atomic E-state index is 10.7. The Kier molecular flexibility index (Phi) is 2.01. The Morgan fingerprint density at radius 1 is 1.09 bits per heavy atom. The molecule has 0 radical (unpaired) electrons. The number of carbonyl (C=O) groups is 2. The molecule has 0 aromatic heterocycles. The summed E-state index contributed by atoms with van der Waals surface area (Å²) in [7, 11) is 0. The average molecular weight is 152 g/mol. The standard InChI is InChI=1S/C8H6O3/c9-7(8(10)11)6-4-2-1-3-5-6/h1-5H,(H,10,11)/i7+1,8+1. The Morgan fingerprint density at radius 2 is 1.64 bits per heavy atom. The Balaban J connectivity index is 2.95. The first-order valence-electron chi connectivity index (χ1n) is 3.04. The van der Waals surface area contributed by atoms with Crippen LogP contribution in [-0.4, -0.2) is 16.9 Å². The molecular weight excluding hydrogens is 146 g/mol. The molecule has 56 valence electrons. The first-order chi connectivity index (χ1) is 5.22. The average Bonchev–Trinajstić information content (AvgIpc) is 2.05. The predicted octanol–water partition coefficient (Wildman–Crippen LogP) is 0.954. The number of hydrogen-bond donors (Lipinski definition) is 1. The van der Waals surface area contributed by atoms with Gasteiger partial charge in [-0.05, 0) is 0 Å². The summed E-state index contributed by atoms with van der Waals surface area (Å²) in [6.07, 6.45) is 0. The van der Waals surface area contributed by atoms with Crippen LogP contribution in [0.1, 0.15) is 10.4 Å². The number of carboxylic acid groups (broad SMARTS) is 1. The van der Waals surface area contributed by atoms with E-state index in [0.717, 1.165) is 0 Å². The number of ketones is 1. The summed E-state index contributed by atoms with van der Waals surface area (Å²) in [6.45, 7) is 0. The number of rotatable bonds is 2. The number of hydrogen-bond acceptors (Lipinski definition) is 2. The van der Waals surface area contributed by atoms with E-state index >= 15 is 0 Å². The monoisotopic (exact) mass is 152 g/mol. The van der Waals surface area contributed by atoms with Crippen molar-refractivity contribution in [2.45, 2.75) is 0 Å². The van der Waals surface area contributed by atoms with Gasteiger partial charge in [0.2, 0.25) is 0 Å². The lowest BCUT2D eigenvalue weighted by molar-refractivity contribution is -0.131. The second-order valence-corrected chi connectivity index (χ2v) is 2.00. The maximum absolute atomic E-state index is 10.7. The van der Waals surface area contributed by atoms with E-state index in [0.29, 0.717) is 0 Å². The van der Waals surface area contributed by atoms with Crippen LogP contribution in [0.3, 0.4) is 0 Å². The molecule has 0 atom stereocenters. The third-order valence-corrected chi connectivity index (χ3v) is 1.23. The molecule has 1 rings (SSSR count). The minimum Gasteiger partial charge on any atom is -0.475 e. The fourth-order valence-electron chi connectivity index (χ4n) is 0.713. The molecule has 0 aliphatic heterocycles. The van der Waals surface area contributed by atoms with E-state index in [2.05, 4.69) is 0 Å². The van der Waals surface area contributed by atoms with Crippen LogP contribution >= 0.6 is 0 Å². The van der Waals surface area contributed by atoms with Gasteiger partial charge in [-0.3, -0.25) is 4.79 Å². The third-order valence-electron chi connectivity index (χ3n) is 1.23. The zero-order valence-electron chi connectivity index (χ0n) is 5.65. The molecular formula is C8H6O3. The Bertz CT molecular complexity index is 277. The van der Waals surface area contributed by atoms with E-state index in [1.807, 2.05) is 0 Å². The van der Waals surface area contributed by atoms with Gasteiger partial charge >= 0.3 is 5.97 Å². The summed E-state index contributed by atoms with van der Waals surface area (Å²) in [6, 6.07) is 7.90. The molecule has 11 heavy (non-hydrogen) atoms. The van der Waals surface area contributed by atoms with Gasteiger partial charge in [-0.1, -0.05) is 30.3 Å². The molecule has 3 heteroatoms. The van der Waals surface area contributed by atoms with Gasteiger partial charge in [-0.2, -0.15) is 0 Å². The largest absolute Gasteiger partial charge is 0.475 e. The lowest BCUT2D eigenvalue weighted by atomic mass is 10.3. The summed E-state index contributed by atoms with van der Waals surface area (Å²) >= 11 is 0. The Labute approximate surface area is 63.3 Å². The van der Waals surface area contributed by atoms with Crippen LogP contribution in [0.4, 0.5) is 0 Å². The summed E-state index contributed by atoms with van der Waals surface area (Å²) in [5.74, 6) is -2.29. The van der Waals surface area contributed by atoms with Gasteiger partial charge < -0.3 is 5.11 Å². The van der Waals surface area contributed by atoms with Crippen LogP contribution in [0, 0.1) is 0 Å². The summed E-state index contributed by atoms with van der Waals surface area (Å²) < 4.78 is 0. The highest BCUT2D eigenvalue weighted by molar-refractivity contribution is 6.39. The van der Waals surface area contributed by atoms with Crippen LogP contribution in [0.5, 0.6) is 0 Å². The molecule has 1 aromatic carbocycles. The van der Waals surface area contributed by atoms with Crippen molar-refractivity contribution in [3.05, 3.63) is 35.9 Å². The fourth-order valence-corrected chi connectivity index (χ4v) is 0.713. The van der Waals surface area contributed by atoms with Gasteiger partial charge in [0.15, 0.2) is 0 Å². The number of Topliss-reactive ketones (excluding diaryl/α,β-unsaturated/α-hetero) is 1. The van der Waals surface area contributed by atoms with Gasteiger partial charge in [-0.15, -0.1) is 0 Å². The normalized spacial score (nSPS) is 9.09. The highest BCUT2D eigenvalue weighted by atomic mass is 16.5. The molecule has 0 bridgehead atoms. The van der Waals surface area contributed by atoms with E-state index in [9.17, 15) is 9.59 Å². The summed E-state index contributed by atoms with van der Waals surface area (Å²) in [4.78, 5) is 20.9. The lowest BCUT2D eigenvalue weighted by Crippen LogP contribution is -2.12. The van der Waals surface area contributed by atoms with Crippen molar-refractivity contribution in [3.63, 3.8) is 0 Å². The molecule has 1 N–H and O–H groups in total. The molecule has 0 amide bonds. The van der Waals surface area contributed by atoms with E-state index in [-0.39, 0.29) is 5.56 Å². The molecule has 0 unspecified atom stereocenters. The van der Waals surface area contributed by atoms with Crippen molar-refractivity contribution in [1.82, 2.24) is 0 Å². The minimum absolute atomic E-state index is 0.208. The zero-order chi connectivity index (χ0) is 8.27. The van der Waals surface area contributed by atoms with E-state index < -0.39 is 11.8 Å². The van der Waals surface area contributed by atoms with Gasteiger partial charge in [0.25, 0.3) is 5.78 Å². The summed E-state index contributed by atoms with van der Waals surface area (Å²) in [5.41, 5.74) is 0.208. The van der Waals surface area contributed by atoms with Crippen molar-refractivity contribution < 1.29 is 14.7 Å². The number of aliphatic carboxylic acids is 1. The van der Waals surface area contributed by atoms with Crippen LogP contribution in [-0.2, 0) is 4.79 Å². The zero-order valence-corrected chi connectivity index (χ0v) is 5.65. The maximum Gasteiger partial charge on any atom is 0.377 e. The van der Waals surface area contributed by atoms with E-state index in [1.54, 1.807) is 18.2 Å². The third kappa shape index (κ3) is 1.64. The van der Waals surface area contributed by atoms with Gasteiger partial charge in [0.1, 0.15) is 0 Å². The molecule has 0 heterocycles. The first kappa shape index (κ1) is 7.47. The Hall–Kier alpha value is -1.64. The smallest absolute Gasteiger partial charge is 0.377 e. The molecule has 3 nitrogen and oxygen atoms in total. The second-order valence-electron chi connectivity index (χ2n) is 2.00. The summed E-state index contributed by atoms with van der Waals surface area (Å²) in [5, 5.41) is 8.29. The van der Waals surface area contributed by atoms with Crippen molar-refractivity contribution in [2.24, 2.45) is 0 Å². The molecule has 0 saturated heterocycles. The van der Waals surface area contributed by atoms with Crippen molar-refractivity contribution >= 4 is 11.8 Å². The van der Waals surface area contributed by atoms with Gasteiger partial charge in [0, 0.05) is 5.56 Å². The highest BCUT2D eigenvalue weighted by Crippen LogP contribution is 1.98. The van der Waals surface area contributed by atoms with E-state index in [1.165, 1.54) is 12.1 Å². The van der Waals surface area contributed by atoms with Crippen molar-refractivity contribution in [2.75, 3.05) is 0 Å². The van der Waals surface area contributed by atoms with Crippen LogP contribution < -0.4 is 0 Å². The van der Waals surface area contributed by atoms with Crippen LogP contribution in [0.15, 0.2) is 30.3 Å². The highest BCUT2D eigenvalue weighted by Gasteiger charge is 2.12. The second kappa shape index (κ2) is 2.96. The van der Waals surface area contributed by atoms with Gasteiger partial charge in [-0.25, -0.2) is 4.79 Å². The molecule has 0 fully saturated rings. The molecule has 0 aliphatic rings. The molecule has 0 aliphatic carbocycles.